The van der Waals surface area contributed by atoms with Crippen LogP contribution >= 0.6 is 0 Å². The lowest BCUT2D eigenvalue weighted by Gasteiger charge is -2.21. The summed E-state index contributed by atoms with van der Waals surface area (Å²) in [7, 11) is 0. The number of phenols is 1. The van der Waals surface area contributed by atoms with E-state index in [9.17, 15) is 5.11 Å². The molecule has 1 N–H and O–H groups in total. The van der Waals surface area contributed by atoms with E-state index in [0.29, 0.717) is 5.75 Å². The number of aromatic hydroxyl groups is 1. The molecule has 0 unspecified atom stereocenters. The Hall–Kier alpha value is -2.54. The fourth-order valence-corrected chi connectivity index (χ4v) is 4.74. The van der Waals surface area contributed by atoms with Crippen LogP contribution in [-0.2, 0) is 32.1 Å². The van der Waals surface area contributed by atoms with Crippen molar-refractivity contribution in [1.29, 1.82) is 0 Å². The molecule has 0 saturated heterocycles. The lowest BCUT2D eigenvalue weighted by atomic mass is 9.85. The van der Waals surface area contributed by atoms with Gasteiger partial charge in [-0.15, -0.1) is 0 Å². The standard InChI is InChI=1S/C29H36O/c1-7-20-17-23(10-4)28(24(11-5)18-20)26-14-12-13-25(29(26)30)27-21(8-2)15-19(6)16-22(27)9-3/h12-18,30H,7-11H2,1-6H3. The Labute approximate surface area is 182 Å². The monoisotopic (exact) mass is 400 g/mol. The van der Waals surface area contributed by atoms with Crippen molar-refractivity contribution in [3.8, 4) is 28.0 Å². The van der Waals surface area contributed by atoms with Crippen LogP contribution in [0.4, 0.5) is 0 Å². The van der Waals surface area contributed by atoms with Crippen LogP contribution in [0, 0.1) is 6.92 Å². The number of rotatable bonds is 7. The van der Waals surface area contributed by atoms with E-state index in [2.05, 4.69) is 84.0 Å². The molecular weight excluding hydrogens is 364 g/mol. The Bertz CT molecular complexity index is 992. The van der Waals surface area contributed by atoms with Gasteiger partial charge < -0.3 is 5.11 Å². The second-order valence-corrected chi connectivity index (χ2v) is 8.22. The average molecular weight is 401 g/mol. The van der Waals surface area contributed by atoms with Crippen LogP contribution in [0.3, 0.4) is 0 Å². The quantitative estimate of drug-likeness (QED) is 0.428. The summed E-state index contributed by atoms with van der Waals surface area (Å²) in [6.07, 6.45) is 4.88. The van der Waals surface area contributed by atoms with Crippen LogP contribution < -0.4 is 0 Å². The third-order valence-corrected chi connectivity index (χ3v) is 6.31. The van der Waals surface area contributed by atoms with Crippen molar-refractivity contribution in [2.45, 2.75) is 73.6 Å². The molecule has 0 aromatic heterocycles. The number of benzene rings is 3. The van der Waals surface area contributed by atoms with Crippen molar-refractivity contribution < 1.29 is 5.11 Å². The molecular formula is C29H36O. The van der Waals surface area contributed by atoms with Gasteiger partial charge in [0.25, 0.3) is 0 Å². The van der Waals surface area contributed by atoms with Crippen LogP contribution in [0.1, 0.15) is 68.0 Å². The van der Waals surface area contributed by atoms with Gasteiger partial charge in [0.05, 0.1) is 0 Å². The summed E-state index contributed by atoms with van der Waals surface area (Å²) in [5, 5.41) is 11.6. The number of hydrogen-bond acceptors (Lipinski definition) is 1. The highest BCUT2D eigenvalue weighted by Gasteiger charge is 2.19. The predicted molar refractivity (Wildman–Crippen MR) is 131 cm³/mol. The molecule has 1 heteroatoms. The van der Waals surface area contributed by atoms with Crippen LogP contribution in [0.15, 0.2) is 42.5 Å². The highest BCUT2D eigenvalue weighted by atomic mass is 16.3. The molecule has 3 aromatic carbocycles. The summed E-state index contributed by atoms with van der Waals surface area (Å²) in [6, 6.07) is 15.5. The minimum atomic E-state index is 0.416. The van der Waals surface area contributed by atoms with Crippen molar-refractivity contribution in [3.05, 3.63) is 75.8 Å². The summed E-state index contributed by atoms with van der Waals surface area (Å²) in [4.78, 5) is 0. The largest absolute Gasteiger partial charge is 0.507 e. The zero-order valence-corrected chi connectivity index (χ0v) is 19.5. The van der Waals surface area contributed by atoms with Crippen molar-refractivity contribution in [2.24, 2.45) is 0 Å². The molecule has 0 heterocycles. The summed E-state index contributed by atoms with van der Waals surface area (Å²) in [5.41, 5.74) is 12.3. The van der Waals surface area contributed by atoms with Crippen molar-refractivity contribution in [3.63, 3.8) is 0 Å². The van der Waals surface area contributed by atoms with E-state index in [-0.39, 0.29) is 0 Å². The first-order valence-electron chi connectivity index (χ1n) is 11.6. The molecule has 0 amide bonds. The van der Waals surface area contributed by atoms with Gasteiger partial charge in [-0.1, -0.05) is 82.6 Å². The van der Waals surface area contributed by atoms with Crippen LogP contribution in [0.25, 0.3) is 22.3 Å². The van der Waals surface area contributed by atoms with E-state index < -0.39 is 0 Å². The Balaban J connectivity index is 2.32. The Morgan fingerprint density at radius 2 is 1.00 bits per heavy atom. The lowest BCUT2D eigenvalue weighted by Crippen LogP contribution is -2.00. The first-order valence-corrected chi connectivity index (χ1v) is 11.6. The number of hydrogen-bond donors (Lipinski definition) is 1. The van der Waals surface area contributed by atoms with Crippen LogP contribution in [0.2, 0.25) is 0 Å². The molecule has 0 atom stereocenters. The van der Waals surface area contributed by atoms with Crippen LogP contribution in [-0.4, -0.2) is 5.11 Å². The average Bonchev–Trinajstić information content (AvgIpc) is 2.77. The van der Waals surface area contributed by atoms with Gasteiger partial charge in [-0.05, 0) is 78.0 Å². The van der Waals surface area contributed by atoms with E-state index in [1.54, 1.807) is 0 Å². The fraction of sp³-hybridized carbons (Fsp3) is 0.379. The summed E-state index contributed by atoms with van der Waals surface area (Å²) in [5.74, 6) is 0.416. The van der Waals surface area contributed by atoms with Crippen molar-refractivity contribution in [1.82, 2.24) is 0 Å². The lowest BCUT2D eigenvalue weighted by molar-refractivity contribution is 0.479. The van der Waals surface area contributed by atoms with Gasteiger partial charge in [0.15, 0.2) is 0 Å². The maximum Gasteiger partial charge on any atom is 0.131 e. The van der Waals surface area contributed by atoms with Gasteiger partial charge in [-0.3, -0.25) is 0 Å². The second kappa shape index (κ2) is 9.51. The molecule has 0 spiro atoms. The summed E-state index contributed by atoms with van der Waals surface area (Å²) in [6.45, 7) is 13.2. The zero-order valence-electron chi connectivity index (χ0n) is 19.5. The molecule has 0 bridgehead atoms. The summed E-state index contributed by atoms with van der Waals surface area (Å²) < 4.78 is 0. The fourth-order valence-electron chi connectivity index (χ4n) is 4.74. The van der Waals surface area contributed by atoms with E-state index in [1.165, 1.54) is 44.5 Å². The Morgan fingerprint density at radius 1 is 0.600 bits per heavy atom. The second-order valence-electron chi connectivity index (χ2n) is 8.22. The maximum absolute atomic E-state index is 11.6. The molecule has 158 valence electrons. The van der Waals surface area contributed by atoms with Gasteiger partial charge in [0, 0.05) is 11.1 Å². The molecule has 0 aliphatic rings. The smallest absolute Gasteiger partial charge is 0.131 e. The maximum atomic E-state index is 11.6. The zero-order chi connectivity index (χ0) is 21.8. The van der Waals surface area contributed by atoms with Gasteiger partial charge in [0.2, 0.25) is 0 Å². The van der Waals surface area contributed by atoms with Gasteiger partial charge in [0.1, 0.15) is 5.75 Å². The number of aryl methyl sites for hydroxylation is 6. The molecule has 0 radical (unpaired) electrons. The van der Waals surface area contributed by atoms with E-state index in [0.717, 1.165) is 43.2 Å². The normalized spacial score (nSPS) is 11.1. The molecule has 1 nitrogen and oxygen atoms in total. The van der Waals surface area contributed by atoms with E-state index >= 15 is 0 Å². The van der Waals surface area contributed by atoms with Crippen molar-refractivity contribution >= 4 is 0 Å². The highest BCUT2D eigenvalue weighted by Crippen LogP contribution is 2.43. The first-order chi connectivity index (χ1) is 14.5. The molecule has 3 aromatic rings. The molecule has 3 rings (SSSR count). The highest BCUT2D eigenvalue weighted by molar-refractivity contribution is 5.87. The first kappa shape index (κ1) is 22.2. The minimum Gasteiger partial charge on any atom is -0.507 e. The molecule has 0 fully saturated rings. The van der Waals surface area contributed by atoms with E-state index in [1.807, 2.05) is 0 Å². The minimum absolute atomic E-state index is 0.416. The van der Waals surface area contributed by atoms with Gasteiger partial charge in [-0.2, -0.15) is 0 Å². The number of para-hydroxylation sites is 1. The molecule has 30 heavy (non-hydrogen) atoms. The molecule has 0 aliphatic carbocycles. The SMILES string of the molecule is CCc1cc(CC)c(-c2cccc(-c3c(CC)cc(C)cc3CC)c2O)c(CC)c1. The van der Waals surface area contributed by atoms with Gasteiger partial charge in [-0.25, -0.2) is 0 Å². The Kier molecular flexibility index (Phi) is 7.02. The van der Waals surface area contributed by atoms with Crippen molar-refractivity contribution in [2.75, 3.05) is 0 Å². The molecule has 0 aliphatic heterocycles. The summed E-state index contributed by atoms with van der Waals surface area (Å²) >= 11 is 0. The van der Waals surface area contributed by atoms with Gasteiger partial charge >= 0.3 is 0 Å². The predicted octanol–water partition coefficient (Wildman–Crippen LogP) is 7.85. The third kappa shape index (κ3) is 4.03. The Morgan fingerprint density at radius 3 is 1.37 bits per heavy atom. The van der Waals surface area contributed by atoms with E-state index in [4.69, 9.17) is 0 Å². The third-order valence-electron chi connectivity index (χ3n) is 6.31. The number of phenolic OH excluding ortho intramolecular Hbond substituents is 1. The van der Waals surface area contributed by atoms with Crippen LogP contribution in [0.5, 0.6) is 5.75 Å². The topological polar surface area (TPSA) is 20.2 Å². The molecule has 0 saturated carbocycles.